The summed E-state index contributed by atoms with van der Waals surface area (Å²) < 4.78 is 1.86. The molecule has 1 fully saturated rings. The van der Waals surface area contributed by atoms with Crippen LogP contribution < -0.4 is 10.2 Å². The van der Waals surface area contributed by atoms with Gasteiger partial charge in [0.05, 0.1) is 12.2 Å². The Balaban J connectivity index is 1.81. The first kappa shape index (κ1) is 18.5. The van der Waals surface area contributed by atoms with E-state index in [1.807, 2.05) is 28.8 Å². The van der Waals surface area contributed by atoms with Gasteiger partial charge in [0.2, 0.25) is 0 Å². The predicted octanol–water partition coefficient (Wildman–Crippen LogP) is 3.59. The summed E-state index contributed by atoms with van der Waals surface area (Å²) in [5.74, 6) is 1.12. The zero-order chi connectivity index (χ0) is 20.5. The highest BCUT2D eigenvalue weighted by molar-refractivity contribution is 6.39. The molecule has 4 rings (SSSR count). The number of urea groups is 1. The van der Waals surface area contributed by atoms with Gasteiger partial charge in [0.25, 0.3) is 11.8 Å². The number of benzene rings is 2. The zero-order valence-corrected chi connectivity index (χ0v) is 15.8. The number of hydrogen-bond donors (Lipinski definition) is 1. The van der Waals surface area contributed by atoms with E-state index in [1.165, 1.54) is 18.2 Å². The summed E-state index contributed by atoms with van der Waals surface area (Å²) >= 11 is 5.88. The van der Waals surface area contributed by atoms with Crippen LogP contribution in [0.15, 0.2) is 60.3 Å². The molecule has 0 saturated carbocycles. The van der Waals surface area contributed by atoms with Gasteiger partial charge in [-0.15, -0.1) is 6.42 Å². The smallest absolute Gasteiger partial charge is 0.335 e. The second-order valence-electron chi connectivity index (χ2n) is 6.37. The number of rotatable bonds is 3. The maximum absolute atomic E-state index is 13.0. The van der Waals surface area contributed by atoms with Gasteiger partial charge >= 0.3 is 6.03 Å². The molecule has 0 unspecified atom stereocenters. The largest absolute Gasteiger partial charge is 0.335 e. The summed E-state index contributed by atoms with van der Waals surface area (Å²) in [4.78, 5) is 38.6. The van der Waals surface area contributed by atoms with Gasteiger partial charge < -0.3 is 4.57 Å². The average molecular weight is 404 g/mol. The second-order valence-corrected chi connectivity index (χ2v) is 6.80. The molecule has 1 aliphatic heterocycles. The van der Waals surface area contributed by atoms with Crippen LogP contribution in [0.5, 0.6) is 0 Å². The maximum Gasteiger partial charge on any atom is 0.335 e. The van der Waals surface area contributed by atoms with Gasteiger partial charge in [-0.2, -0.15) is 0 Å². The third kappa shape index (κ3) is 3.28. The van der Waals surface area contributed by atoms with Crippen molar-refractivity contribution in [3.8, 4) is 12.3 Å². The van der Waals surface area contributed by atoms with Crippen molar-refractivity contribution in [2.24, 2.45) is 0 Å². The van der Waals surface area contributed by atoms with Crippen LogP contribution in [0.1, 0.15) is 5.56 Å². The first-order chi connectivity index (χ1) is 14.0. The summed E-state index contributed by atoms with van der Waals surface area (Å²) in [7, 11) is 0. The van der Waals surface area contributed by atoms with Crippen LogP contribution in [-0.2, 0) is 16.1 Å². The number of carbonyl (C=O) groups excluding carboxylic acids is 3. The second kappa shape index (κ2) is 7.30. The number of amides is 4. The zero-order valence-electron chi connectivity index (χ0n) is 15.1. The van der Waals surface area contributed by atoms with Crippen molar-refractivity contribution in [1.82, 2.24) is 9.88 Å². The van der Waals surface area contributed by atoms with Gasteiger partial charge in [0, 0.05) is 27.7 Å². The highest BCUT2D eigenvalue weighted by atomic mass is 35.5. The van der Waals surface area contributed by atoms with Crippen LogP contribution in [0.25, 0.3) is 17.0 Å². The van der Waals surface area contributed by atoms with Gasteiger partial charge in [-0.3, -0.25) is 14.9 Å². The molecular weight excluding hydrogens is 390 g/mol. The van der Waals surface area contributed by atoms with Crippen LogP contribution >= 0.6 is 11.6 Å². The van der Waals surface area contributed by atoms with Crippen molar-refractivity contribution in [3.05, 3.63) is 70.9 Å². The minimum atomic E-state index is -0.811. The monoisotopic (exact) mass is 403 g/mol. The Morgan fingerprint density at radius 2 is 1.79 bits per heavy atom. The standard InChI is InChI=1S/C22H14ClN3O3/c1-2-11-25-13-14(17-5-3-4-6-19(17)25)12-18-20(27)24-22(29)26(21(18)28)16-9-7-15(23)8-10-16/h1,3-10,12-13H,11H2,(H,24,27,29)/b18-12-. The van der Waals surface area contributed by atoms with Crippen LogP contribution in [0, 0.1) is 12.3 Å². The van der Waals surface area contributed by atoms with Crippen LogP contribution in [0.3, 0.4) is 0 Å². The van der Waals surface area contributed by atoms with E-state index in [9.17, 15) is 14.4 Å². The number of fused-ring (bicyclic) bond motifs is 1. The molecule has 3 aromatic rings. The molecular formula is C22H14ClN3O3. The normalized spacial score (nSPS) is 15.7. The lowest BCUT2D eigenvalue weighted by Gasteiger charge is -2.26. The molecule has 2 aromatic carbocycles. The number of hydrogen-bond acceptors (Lipinski definition) is 3. The number of nitrogens with one attached hydrogen (secondary N) is 1. The SMILES string of the molecule is C#CCn1cc(/C=C2/C(=O)NC(=O)N(c3ccc(Cl)cc3)C2=O)c2ccccc21. The number of para-hydroxylation sites is 1. The minimum Gasteiger partial charge on any atom is -0.335 e. The van der Waals surface area contributed by atoms with Crippen molar-refractivity contribution >= 4 is 52.1 Å². The number of terminal acetylenes is 1. The summed E-state index contributed by atoms with van der Waals surface area (Å²) in [6, 6.07) is 12.9. The minimum absolute atomic E-state index is 0.150. The van der Waals surface area contributed by atoms with Crippen LogP contribution in [-0.4, -0.2) is 22.4 Å². The Morgan fingerprint density at radius 3 is 2.52 bits per heavy atom. The number of nitrogens with zero attached hydrogens (tertiary/aromatic N) is 2. The van der Waals surface area contributed by atoms with Crippen molar-refractivity contribution < 1.29 is 14.4 Å². The third-order valence-electron chi connectivity index (χ3n) is 4.57. The highest BCUT2D eigenvalue weighted by Gasteiger charge is 2.36. The molecule has 7 heteroatoms. The highest BCUT2D eigenvalue weighted by Crippen LogP contribution is 2.27. The Morgan fingerprint density at radius 1 is 1.07 bits per heavy atom. The van der Waals surface area contributed by atoms with E-state index in [4.69, 9.17) is 18.0 Å². The lowest BCUT2D eigenvalue weighted by Crippen LogP contribution is -2.54. The Hall–Kier alpha value is -3.82. The quantitative estimate of drug-likeness (QED) is 0.412. The Labute approximate surface area is 171 Å². The van der Waals surface area contributed by atoms with Crippen molar-refractivity contribution in [2.75, 3.05) is 4.90 Å². The van der Waals surface area contributed by atoms with Gasteiger partial charge in [-0.25, -0.2) is 9.69 Å². The summed E-state index contributed by atoms with van der Waals surface area (Å²) in [5, 5.41) is 3.51. The number of anilines is 1. The Kier molecular flexibility index (Phi) is 4.67. The number of imide groups is 2. The predicted molar refractivity (Wildman–Crippen MR) is 111 cm³/mol. The fourth-order valence-corrected chi connectivity index (χ4v) is 3.38. The maximum atomic E-state index is 13.0. The van der Waals surface area contributed by atoms with Crippen molar-refractivity contribution in [3.63, 3.8) is 0 Å². The average Bonchev–Trinajstić information content (AvgIpc) is 3.04. The summed E-state index contributed by atoms with van der Waals surface area (Å²) in [6.45, 7) is 0.346. The number of halogens is 1. The molecule has 29 heavy (non-hydrogen) atoms. The Bertz CT molecular complexity index is 1230. The van der Waals surface area contributed by atoms with E-state index in [1.54, 1.807) is 18.3 Å². The van der Waals surface area contributed by atoms with E-state index in [-0.39, 0.29) is 5.57 Å². The molecule has 4 amide bonds. The number of aromatic nitrogens is 1. The molecule has 1 saturated heterocycles. The molecule has 0 aliphatic carbocycles. The molecule has 0 radical (unpaired) electrons. The van der Waals surface area contributed by atoms with Gasteiger partial charge in [0.15, 0.2) is 0 Å². The molecule has 6 nitrogen and oxygen atoms in total. The van der Waals surface area contributed by atoms with E-state index in [2.05, 4.69) is 11.2 Å². The molecule has 142 valence electrons. The first-order valence-electron chi connectivity index (χ1n) is 8.68. The first-order valence-corrected chi connectivity index (χ1v) is 9.06. The fraction of sp³-hybridized carbons (Fsp3) is 0.0455. The lowest BCUT2D eigenvalue weighted by molar-refractivity contribution is -0.122. The lowest BCUT2D eigenvalue weighted by atomic mass is 10.1. The molecule has 1 N–H and O–H groups in total. The number of carbonyl (C=O) groups is 3. The molecule has 1 aromatic heterocycles. The molecule has 0 atom stereocenters. The van der Waals surface area contributed by atoms with E-state index < -0.39 is 17.8 Å². The summed E-state index contributed by atoms with van der Waals surface area (Å²) in [6.07, 6.45) is 8.69. The van der Waals surface area contributed by atoms with Gasteiger partial charge in [-0.05, 0) is 36.4 Å². The van der Waals surface area contributed by atoms with E-state index in [0.29, 0.717) is 22.8 Å². The molecule has 0 spiro atoms. The van der Waals surface area contributed by atoms with E-state index >= 15 is 0 Å². The molecule has 0 bridgehead atoms. The molecule has 2 heterocycles. The molecule has 1 aliphatic rings. The third-order valence-corrected chi connectivity index (χ3v) is 4.82. The topological polar surface area (TPSA) is 71.4 Å². The van der Waals surface area contributed by atoms with Crippen molar-refractivity contribution in [2.45, 2.75) is 6.54 Å². The summed E-state index contributed by atoms with van der Waals surface area (Å²) in [5.41, 5.74) is 1.69. The van der Waals surface area contributed by atoms with Gasteiger partial charge in [-0.1, -0.05) is 35.7 Å². The van der Waals surface area contributed by atoms with Crippen LogP contribution in [0.2, 0.25) is 5.02 Å². The number of barbiturate groups is 1. The van der Waals surface area contributed by atoms with Crippen LogP contribution in [0.4, 0.5) is 10.5 Å². The van der Waals surface area contributed by atoms with Crippen molar-refractivity contribution in [1.29, 1.82) is 0 Å². The fourth-order valence-electron chi connectivity index (χ4n) is 3.26. The van der Waals surface area contributed by atoms with Gasteiger partial charge in [0.1, 0.15) is 5.57 Å². The van der Waals surface area contributed by atoms with E-state index in [0.717, 1.165) is 15.8 Å².